The summed E-state index contributed by atoms with van der Waals surface area (Å²) in [6.45, 7) is 5.77. The zero-order valence-corrected chi connectivity index (χ0v) is 12.8. The van der Waals surface area contributed by atoms with Gasteiger partial charge in [-0.1, -0.05) is 19.0 Å². The Bertz CT molecular complexity index is 496. The lowest BCUT2D eigenvalue weighted by Crippen LogP contribution is -2.43. The molecule has 0 aromatic carbocycles. The van der Waals surface area contributed by atoms with Crippen LogP contribution < -0.4 is 5.32 Å². The highest BCUT2D eigenvalue weighted by Gasteiger charge is 2.34. The monoisotopic (exact) mass is 292 g/mol. The predicted molar refractivity (Wildman–Crippen MR) is 77.4 cm³/mol. The maximum Gasteiger partial charge on any atom is 0.240 e. The van der Waals surface area contributed by atoms with Gasteiger partial charge in [-0.25, -0.2) is 0 Å². The summed E-state index contributed by atoms with van der Waals surface area (Å²) < 4.78 is 5.31. The van der Waals surface area contributed by atoms with Gasteiger partial charge >= 0.3 is 0 Å². The van der Waals surface area contributed by atoms with E-state index in [1.807, 2.05) is 0 Å². The lowest BCUT2D eigenvalue weighted by atomic mass is 10.1. The van der Waals surface area contributed by atoms with E-state index in [4.69, 9.17) is 4.52 Å². The SMILES string of the molecule is CC(C)Cc1noc(CN2CCCC2C(=O)NC2CC2)n1. The number of carbonyl (C=O) groups is 1. The summed E-state index contributed by atoms with van der Waals surface area (Å²) in [5, 5.41) is 7.11. The molecule has 1 aromatic rings. The van der Waals surface area contributed by atoms with Crippen LogP contribution >= 0.6 is 0 Å². The molecule has 6 heteroatoms. The van der Waals surface area contributed by atoms with Gasteiger partial charge in [-0.2, -0.15) is 4.98 Å². The standard InChI is InChI=1S/C15H24N4O2/c1-10(2)8-13-17-14(21-18-13)9-19-7-3-4-12(19)15(20)16-11-5-6-11/h10-12H,3-9H2,1-2H3,(H,16,20). The molecule has 0 spiro atoms. The van der Waals surface area contributed by atoms with Crippen molar-refractivity contribution in [3.05, 3.63) is 11.7 Å². The fraction of sp³-hybridized carbons (Fsp3) is 0.800. The van der Waals surface area contributed by atoms with Crippen LogP contribution in [0.25, 0.3) is 0 Å². The Hall–Kier alpha value is -1.43. The fourth-order valence-corrected chi connectivity index (χ4v) is 2.81. The summed E-state index contributed by atoms with van der Waals surface area (Å²) in [6, 6.07) is 0.382. The highest BCUT2D eigenvalue weighted by Crippen LogP contribution is 2.23. The van der Waals surface area contributed by atoms with Crippen molar-refractivity contribution in [2.24, 2.45) is 5.92 Å². The second kappa shape index (κ2) is 6.13. The molecule has 1 N–H and O–H groups in total. The number of nitrogens with zero attached hydrogens (tertiary/aromatic N) is 3. The Morgan fingerprint density at radius 2 is 2.24 bits per heavy atom. The first-order valence-corrected chi connectivity index (χ1v) is 7.97. The number of carbonyl (C=O) groups excluding carboxylic acids is 1. The number of rotatable bonds is 6. The van der Waals surface area contributed by atoms with Crippen LogP contribution in [-0.2, 0) is 17.8 Å². The second-order valence-electron chi connectivity index (χ2n) is 6.61. The molecule has 1 saturated heterocycles. The van der Waals surface area contributed by atoms with Gasteiger partial charge < -0.3 is 9.84 Å². The third-order valence-electron chi connectivity index (χ3n) is 4.03. The smallest absolute Gasteiger partial charge is 0.240 e. The molecule has 2 fully saturated rings. The van der Waals surface area contributed by atoms with Crippen LogP contribution in [0.4, 0.5) is 0 Å². The number of hydrogen-bond donors (Lipinski definition) is 1. The molecule has 1 amide bonds. The van der Waals surface area contributed by atoms with E-state index in [0.717, 1.165) is 44.5 Å². The molecule has 1 saturated carbocycles. The van der Waals surface area contributed by atoms with E-state index < -0.39 is 0 Å². The number of hydrogen-bond acceptors (Lipinski definition) is 5. The summed E-state index contributed by atoms with van der Waals surface area (Å²) in [4.78, 5) is 18.8. The van der Waals surface area contributed by atoms with Crippen LogP contribution in [0.15, 0.2) is 4.52 Å². The maximum absolute atomic E-state index is 12.2. The second-order valence-corrected chi connectivity index (χ2v) is 6.61. The Morgan fingerprint density at radius 1 is 1.43 bits per heavy atom. The van der Waals surface area contributed by atoms with Crippen LogP contribution in [0.2, 0.25) is 0 Å². The highest BCUT2D eigenvalue weighted by molar-refractivity contribution is 5.82. The topological polar surface area (TPSA) is 71.3 Å². The Labute approximate surface area is 125 Å². The average Bonchev–Trinajstić information content (AvgIpc) is 2.94. The van der Waals surface area contributed by atoms with Gasteiger partial charge in [0.1, 0.15) is 0 Å². The van der Waals surface area contributed by atoms with Crippen molar-refractivity contribution in [1.82, 2.24) is 20.4 Å². The summed E-state index contributed by atoms with van der Waals surface area (Å²) in [7, 11) is 0. The van der Waals surface area contributed by atoms with E-state index >= 15 is 0 Å². The van der Waals surface area contributed by atoms with Gasteiger partial charge in [0.15, 0.2) is 5.82 Å². The van der Waals surface area contributed by atoms with Crippen molar-refractivity contribution in [3.8, 4) is 0 Å². The quantitative estimate of drug-likeness (QED) is 0.860. The molecule has 1 aromatic heterocycles. The minimum absolute atomic E-state index is 0.0361. The largest absolute Gasteiger partial charge is 0.352 e. The van der Waals surface area contributed by atoms with E-state index in [-0.39, 0.29) is 11.9 Å². The van der Waals surface area contributed by atoms with Gasteiger partial charge in [-0.15, -0.1) is 0 Å². The molecule has 1 atom stereocenters. The zero-order chi connectivity index (χ0) is 14.8. The first kappa shape index (κ1) is 14.5. The first-order chi connectivity index (χ1) is 10.1. The van der Waals surface area contributed by atoms with Crippen molar-refractivity contribution in [1.29, 1.82) is 0 Å². The molecule has 21 heavy (non-hydrogen) atoms. The third kappa shape index (κ3) is 3.81. The van der Waals surface area contributed by atoms with Crippen molar-refractivity contribution >= 4 is 5.91 Å². The van der Waals surface area contributed by atoms with Gasteiger partial charge in [-0.3, -0.25) is 9.69 Å². The van der Waals surface area contributed by atoms with Gasteiger partial charge in [0, 0.05) is 12.5 Å². The van der Waals surface area contributed by atoms with Gasteiger partial charge in [0.2, 0.25) is 11.8 Å². The number of likely N-dealkylation sites (tertiary alicyclic amines) is 1. The number of aromatic nitrogens is 2. The number of nitrogens with one attached hydrogen (secondary N) is 1. The molecule has 2 heterocycles. The molecule has 3 rings (SSSR count). The highest BCUT2D eigenvalue weighted by atomic mass is 16.5. The van der Waals surface area contributed by atoms with Gasteiger partial charge in [-0.05, 0) is 38.1 Å². The Kier molecular flexibility index (Phi) is 4.24. The molecule has 0 bridgehead atoms. The molecule has 2 aliphatic rings. The zero-order valence-electron chi connectivity index (χ0n) is 12.8. The van der Waals surface area contributed by atoms with Crippen molar-refractivity contribution < 1.29 is 9.32 Å². The molecular formula is C15H24N4O2. The normalized spacial score (nSPS) is 22.9. The number of amides is 1. The lowest BCUT2D eigenvalue weighted by molar-refractivity contribution is -0.125. The fourth-order valence-electron chi connectivity index (χ4n) is 2.81. The molecule has 116 valence electrons. The maximum atomic E-state index is 12.2. The van der Waals surface area contributed by atoms with Crippen molar-refractivity contribution in [3.63, 3.8) is 0 Å². The van der Waals surface area contributed by atoms with E-state index in [1.165, 1.54) is 0 Å². The molecule has 1 aliphatic carbocycles. The van der Waals surface area contributed by atoms with Crippen LogP contribution in [0.1, 0.15) is 51.2 Å². The molecule has 6 nitrogen and oxygen atoms in total. The van der Waals surface area contributed by atoms with Crippen LogP contribution in [0, 0.1) is 5.92 Å². The van der Waals surface area contributed by atoms with Crippen LogP contribution in [-0.4, -0.2) is 39.6 Å². The molecular weight excluding hydrogens is 268 g/mol. The van der Waals surface area contributed by atoms with Gasteiger partial charge in [0.05, 0.1) is 12.6 Å². The summed E-state index contributed by atoms with van der Waals surface area (Å²) in [5.74, 6) is 2.06. The van der Waals surface area contributed by atoms with E-state index in [1.54, 1.807) is 0 Å². The van der Waals surface area contributed by atoms with E-state index in [9.17, 15) is 4.79 Å². The first-order valence-electron chi connectivity index (χ1n) is 7.97. The third-order valence-corrected chi connectivity index (χ3v) is 4.03. The predicted octanol–water partition coefficient (Wildman–Crippen LogP) is 1.51. The van der Waals surface area contributed by atoms with Crippen molar-refractivity contribution in [2.75, 3.05) is 6.54 Å². The van der Waals surface area contributed by atoms with Crippen molar-refractivity contribution in [2.45, 2.75) is 64.6 Å². The van der Waals surface area contributed by atoms with E-state index in [2.05, 4.69) is 34.2 Å². The summed E-state index contributed by atoms with van der Waals surface area (Å²) in [5.41, 5.74) is 0. The Morgan fingerprint density at radius 3 is 2.95 bits per heavy atom. The Balaban J connectivity index is 1.57. The minimum atomic E-state index is -0.0361. The average molecular weight is 292 g/mol. The van der Waals surface area contributed by atoms with Crippen LogP contribution in [0.5, 0.6) is 0 Å². The summed E-state index contributed by atoms with van der Waals surface area (Å²) in [6.07, 6.45) is 5.05. The lowest BCUT2D eigenvalue weighted by Gasteiger charge is -2.21. The van der Waals surface area contributed by atoms with E-state index in [0.29, 0.717) is 24.4 Å². The van der Waals surface area contributed by atoms with Crippen LogP contribution in [0.3, 0.4) is 0 Å². The molecule has 1 aliphatic heterocycles. The molecule has 0 radical (unpaired) electrons. The minimum Gasteiger partial charge on any atom is -0.352 e. The summed E-state index contributed by atoms with van der Waals surface area (Å²) >= 11 is 0. The molecule has 1 unspecified atom stereocenters. The van der Waals surface area contributed by atoms with Gasteiger partial charge in [0.25, 0.3) is 0 Å².